The van der Waals surface area contributed by atoms with Gasteiger partial charge in [0.2, 0.25) is 5.79 Å². The summed E-state index contributed by atoms with van der Waals surface area (Å²) in [6, 6.07) is 105. The van der Waals surface area contributed by atoms with Crippen molar-refractivity contribution in [3.8, 4) is 0 Å². The van der Waals surface area contributed by atoms with Gasteiger partial charge in [-0.1, -0.05) is 303 Å². The Morgan fingerprint density at radius 2 is 0.584 bits per heavy atom. The van der Waals surface area contributed by atoms with Crippen LogP contribution < -0.4 is 21.2 Å². The van der Waals surface area contributed by atoms with E-state index in [0.717, 1.165) is 33.4 Å². The molecule has 0 amide bonds. The minimum atomic E-state index is -1.71. The Bertz CT molecular complexity index is 3510. The average Bonchev–Trinajstić information content (AvgIpc) is 1.75. The fourth-order valence-electron chi connectivity index (χ4n) is 11.7. The van der Waals surface area contributed by atoms with E-state index in [0.29, 0.717) is 18.9 Å². The van der Waals surface area contributed by atoms with E-state index in [9.17, 15) is 0 Å². The standard InChI is InChI=1S/C78H76O9P2/c1-11-31-60(32-12-1)51-79-59-78(76(84-56-65-41-21-6-22-42-65)73(81-53-62-35-15-3-16-36-62)71(86-78)58-89(68-47-27-9-28-48-68)69-49-29-10-30-50-69)87-77-75(83-55-64-39-19-5-20-40-64)74(82-54-63-37-17-4-18-38-63)72(80-52-61-33-13-2-14-34-61)70(85-77)57-88(66-43-23-7-24-44-66)67-45-25-8-26-46-67/h1-50,70-77H,51-59H2/t70-,71-,72-,73-,74+,75-,76+,77-,78+/m1/s1. The van der Waals surface area contributed by atoms with E-state index in [1.807, 2.05) is 109 Å². The molecule has 0 unspecified atom stereocenters. The molecule has 2 fully saturated rings. The van der Waals surface area contributed by atoms with Crippen LogP contribution in [0.25, 0.3) is 0 Å². The molecule has 2 aliphatic heterocycles. The highest BCUT2D eigenvalue weighted by Crippen LogP contribution is 2.47. The van der Waals surface area contributed by atoms with Crippen LogP contribution in [-0.4, -0.2) is 73.7 Å². The van der Waals surface area contributed by atoms with Gasteiger partial charge in [-0.3, -0.25) is 0 Å². The maximum absolute atomic E-state index is 8.08. The highest BCUT2D eigenvalue weighted by molar-refractivity contribution is 7.73. The minimum absolute atomic E-state index is 0.0716. The molecule has 10 aromatic rings. The summed E-state index contributed by atoms with van der Waals surface area (Å²) in [6.45, 7) is 1.48. The summed E-state index contributed by atoms with van der Waals surface area (Å²) in [7, 11) is -2.12. The Hall–Kier alpha value is -7.30. The zero-order chi connectivity index (χ0) is 60.1. The summed E-state index contributed by atoms with van der Waals surface area (Å²) in [4.78, 5) is 0. The highest BCUT2D eigenvalue weighted by Gasteiger charge is 2.62. The van der Waals surface area contributed by atoms with Crippen LogP contribution in [-0.2, 0) is 82.3 Å². The number of benzene rings is 10. The second kappa shape index (κ2) is 31.9. The van der Waals surface area contributed by atoms with E-state index in [1.54, 1.807) is 0 Å². The lowest BCUT2D eigenvalue weighted by atomic mass is 9.97. The Labute approximate surface area is 527 Å². The predicted molar refractivity (Wildman–Crippen MR) is 356 cm³/mol. The van der Waals surface area contributed by atoms with Gasteiger partial charge in [0, 0.05) is 12.3 Å². The molecule has 0 radical (unpaired) electrons. The summed E-state index contributed by atoms with van der Waals surface area (Å²) in [5, 5.41) is 4.82. The van der Waals surface area contributed by atoms with E-state index in [-0.39, 0.29) is 39.6 Å². The summed E-state index contributed by atoms with van der Waals surface area (Å²) < 4.78 is 68.0. The summed E-state index contributed by atoms with van der Waals surface area (Å²) in [5.41, 5.74) is 5.98. The fourth-order valence-corrected chi connectivity index (χ4v) is 16.6. The van der Waals surface area contributed by atoms with Crippen LogP contribution in [0.1, 0.15) is 33.4 Å². The third-order valence-corrected chi connectivity index (χ3v) is 21.3. The Morgan fingerprint density at radius 3 is 0.955 bits per heavy atom. The lowest BCUT2D eigenvalue weighted by Gasteiger charge is -2.49. The van der Waals surface area contributed by atoms with Crippen molar-refractivity contribution in [3.63, 3.8) is 0 Å². The third kappa shape index (κ3) is 16.8. The normalized spacial score (nSPS) is 21.7. The molecule has 89 heavy (non-hydrogen) atoms. The van der Waals surface area contributed by atoms with Gasteiger partial charge in [0.05, 0.1) is 51.8 Å². The second-order valence-corrected chi connectivity index (χ2v) is 26.9. The molecular weight excluding hydrogens is 1140 g/mol. The monoisotopic (exact) mass is 1220 g/mol. The van der Waals surface area contributed by atoms with Crippen molar-refractivity contribution in [3.05, 3.63) is 337 Å². The molecule has 0 saturated carbocycles. The summed E-state index contributed by atoms with van der Waals surface area (Å²) >= 11 is 0. The van der Waals surface area contributed by atoms with Crippen molar-refractivity contribution in [1.29, 1.82) is 0 Å². The molecule has 0 aromatic heterocycles. The van der Waals surface area contributed by atoms with Gasteiger partial charge >= 0.3 is 0 Å². The number of hydrogen-bond acceptors (Lipinski definition) is 9. The Balaban J connectivity index is 1.03. The van der Waals surface area contributed by atoms with E-state index in [4.69, 9.17) is 42.6 Å². The first-order valence-corrected chi connectivity index (χ1v) is 33.8. The van der Waals surface area contributed by atoms with E-state index in [1.165, 1.54) is 21.2 Å². The smallest absolute Gasteiger partial charge is 0.224 e. The van der Waals surface area contributed by atoms with Crippen molar-refractivity contribution < 1.29 is 42.6 Å². The maximum atomic E-state index is 8.08. The molecule has 9 nitrogen and oxygen atoms in total. The highest BCUT2D eigenvalue weighted by atomic mass is 31.1. The van der Waals surface area contributed by atoms with Crippen LogP contribution in [0.5, 0.6) is 0 Å². The van der Waals surface area contributed by atoms with Gasteiger partial charge in [0.1, 0.15) is 37.1 Å². The van der Waals surface area contributed by atoms with E-state index < -0.39 is 70.6 Å². The van der Waals surface area contributed by atoms with Crippen molar-refractivity contribution in [2.75, 3.05) is 18.9 Å². The molecule has 0 spiro atoms. The third-order valence-electron chi connectivity index (χ3n) is 16.2. The van der Waals surface area contributed by atoms with Gasteiger partial charge in [-0.25, -0.2) is 0 Å². The Morgan fingerprint density at radius 1 is 0.292 bits per heavy atom. The lowest BCUT2D eigenvalue weighted by Crippen LogP contribution is -2.64. The van der Waals surface area contributed by atoms with Gasteiger partial charge in [0.25, 0.3) is 0 Å². The van der Waals surface area contributed by atoms with E-state index in [2.05, 4.69) is 194 Å². The number of hydrogen-bond donors (Lipinski definition) is 0. The quantitative estimate of drug-likeness (QED) is 0.0426. The first kappa shape index (κ1) is 61.9. The molecular formula is C78H76O9P2. The van der Waals surface area contributed by atoms with Gasteiger partial charge in [-0.2, -0.15) is 0 Å². The van der Waals surface area contributed by atoms with Crippen LogP contribution in [0.15, 0.2) is 303 Å². The average molecular weight is 1220 g/mol. The predicted octanol–water partition coefficient (Wildman–Crippen LogP) is 14.2. The SMILES string of the molecule is c1ccc(COC[C@@]2(O[C@H]3O[C@H](CP(c4ccccc4)c4ccccc4)[C@@H](OCc4ccccc4)[C@H](OCc4ccccc4)[C@H]3OCc3ccccc3)O[C@H](CP(c3ccccc3)c3ccccc3)[C@@H](OCc3ccccc3)[C@@H]2OCc2ccccc2)cc1. The van der Waals surface area contributed by atoms with Crippen LogP contribution >= 0.6 is 15.8 Å². The van der Waals surface area contributed by atoms with Crippen LogP contribution in [0.3, 0.4) is 0 Å². The van der Waals surface area contributed by atoms with Crippen molar-refractivity contribution in [2.24, 2.45) is 0 Å². The van der Waals surface area contributed by atoms with Crippen LogP contribution in [0, 0.1) is 0 Å². The van der Waals surface area contributed by atoms with Gasteiger partial charge < -0.3 is 42.6 Å². The topological polar surface area (TPSA) is 83.1 Å². The van der Waals surface area contributed by atoms with Gasteiger partial charge in [-0.05, 0) is 70.4 Å². The van der Waals surface area contributed by atoms with Crippen molar-refractivity contribution in [2.45, 2.75) is 94.4 Å². The molecule has 2 heterocycles. The summed E-state index contributed by atoms with van der Waals surface area (Å²) in [5.74, 6) is -1.71. The fraction of sp³-hybridized carbons (Fsp3) is 0.231. The molecule has 2 saturated heterocycles. The molecule has 9 atom stereocenters. The first-order chi connectivity index (χ1) is 44.1. The second-order valence-electron chi connectivity index (χ2n) is 22.4. The molecule has 0 N–H and O–H groups in total. The molecule has 452 valence electrons. The van der Waals surface area contributed by atoms with Crippen molar-refractivity contribution in [1.82, 2.24) is 0 Å². The minimum Gasteiger partial charge on any atom is -0.371 e. The van der Waals surface area contributed by atoms with Crippen LogP contribution in [0.2, 0.25) is 0 Å². The lowest BCUT2D eigenvalue weighted by molar-refractivity contribution is -0.393. The van der Waals surface area contributed by atoms with Gasteiger partial charge in [-0.15, -0.1) is 0 Å². The Kier molecular flexibility index (Phi) is 22.2. The molecule has 12 rings (SSSR count). The number of rotatable bonds is 29. The number of ether oxygens (including phenoxy) is 9. The van der Waals surface area contributed by atoms with Crippen LogP contribution in [0.4, 0.5) is 0 Å². The molecule has 0 aliphatic carbocycles. The molecule has 0 bridgehead atoms. The molecule has 11 heteroatoms. The molecule has 2 aliphatic rings. The van der Waals surface area contributed by atoms with E-state index >= 15 is 0 Å². The maximum Gasteiger partial charge on any atom is 0.224 e. The zero-order valence-corrected chi connectivity index (χ0v) is 51.7. The zero-order valence-electron chi connectivity index (χ0n) is 49.9. The van der Waals surface area contributed by atoms with Crippen molar-refractivity contribution >= 4 is 37.1 Å². The summed E-state index contributed by atoms with van der Waals surface area (Å²) in [6.07, 6.45) is -5.27. The first-order valence-electron chi connectivity index (χ1n) is 30.8. The van der Waals surface area contributed by atoms with Gasteiger partial charge in [0.15, 0.2) is 6.29 Å². The largest absolute Gasteiger partial charge is 0.371 e. The molecule has 10 aromatic carbocycles.